The van der Waals surface area contributed by atoms with Crippen molar-refractivity contribution in [1.29, 1.82) is 0 Å². The summed E-state index contributed by atoms with van der Waals surface area (Å²) in [5.74, 6) is 0.657. The van der Waals surface area contributed by atoms with Crippen molar-refractivity contribution in [2.45, 2.75) is 31.1 Å². The second kappa shape index (κ2) is 8.91. The predicted octanol–water partition coefficient (Wildman–Crippen LogP) is 9.79. The second-order valence-corrected chi connectivity index (χ2v) is 11.7. The zero-order valence-electron chi connectivity index (χ0n) is 21.2. The van der Waals surface area contributed by atoms with Crippen LogP contribution in [0.2, 0.25) is 10.0 Å². The summed E-state index contributed by atoms with van der Waals surface area (Å²) in [6.07, 6.45) is 2.90. The van der Waals surface area contributed by atoms with E-state index < -0.39 is 0 Å². The van der Waals surface area contributed by atoms with Gasteiger partial charge in [-0.2, -0.15) is 0 Å². The molecule has 0 spiro atoms. The Labute approximate surface area is 237 Å². The van der Waals surface area contributed by atoms with E-state index in [1.54, 1.807) is 0 Å². The Kier molecular flexibility index (Phi) is 5.30. The summed E-state index contributed by atoms with van der Waals surface area (Å²) in [6, 6.07) is 33.6. The van der Waals surface area contributed by atoms with Crippen LogP contribution in [0.1, 0.15) is 40.8 Å². The lowest BCUT2D eigenvalue weighted by molar-refractivity contribution is 0.442. The molecule has 0 unspecified atom stereocenters. The Hall–Kier alpha value is -3.72. The highest BCUT2D eigenvalue weighted by Crippen LogP contribution is 2.52. The summed E-state index contributed by atoms with van der Waals surface area (Å²) in [4.78, 5) is 10.6. The number of nitrogens with zero attached hydrogens (tertiary/aromatic N) is 2. The first-order valence-corrected chi connectivity index (χ1v) is 14.2. The normalized spacial score (nSPS) is 17.7. The molecule has 0 saturated carbocycles. The van der Waals surface area contributed by atoms with E-state index >= 15 is 0 Å². The van der Waals surface area contributed by atoms with Crippen LogP contribution in [-0.2, 0) is 12.8 Å². The molecule has 0 amide bonds. The maximum atomic E-state index is 6.52. The Morgan fingerprint density at radius 1 is 0.538 bits per heavy atom. The molecule has 0 radical (unpaired) electrons. The lowest BCUT2D eigenvalue weighted by Gasteiger charge is -2.39. The molecule has 4 heteroatoms. The van der Waals surface area contributed by atoms with E-state index in [0.29, 0.717) is 11.8 Å². The van der Waals surface area contributed by atoms with Gasteiger partial charge in [0.2, 0.25) is 0 Å². The van der Waals surface area contributed by atoms with Crippen LogP contribution >= 0.6 is 23.2 Å². The van der Waals surface area contributed by atoms with Gasteiger partial charge in [0.1, 0.15) is 0 Å². The zero-order valence-corrected chi connectivity index (χ0v) is 22.7. The monoisotopic (exact) mass is 542 g/mol. The molecule has 188 valence electrons. The number of halogens is 2. The first-order valence-electron chi connectivity index (χ1n) is 13.5. The van der Waals surface area contributed by atoms with Crippen molar-refractivity contribution in [3.8, 4) is 22.3 Å². The van der Waals surface area contributed by atoms with Crippen LogP contribution in [0.15, 0.2) is 97.1 Å². The van der Waals surface area contributed by atoms with Gasteiger partial charge in [-0.15, -0.1) is 0 Å². The van der Waals surface area contributed by atoms with E-state index in [0.717, 1.165) is 51.1 Å². The fourth-order valence-electron chi connectivity index (χ4n) is 6.97. The molecule has 2 heterocycles. The van der Waals surface area contributed by atoms with Gasteiger partial charge in [-0.3, -0.25) is 9.97 Å². The van der Waals surface area contributed by atoms with E-state index in [2.05, 4.69) is 84.9 Å². The number of fused-ring (bicyclic) bond motifs is 8. The number of hydrogen-bond acceptors (Lipinski definition) is 2. The molecule has 0 fully saturated rings. The lowest BCUT2D eigenvalue weighted by atomic mass is 9.67. The van der Waals surface area contributed by atoms with Crippen LogP contribution in [0.3, 0.4) is 0 Å². The summed E-state index contributed by atoms with van der Waals surface area (Å²) in [5.41, 5.74) is 12.2. The average Bonchev–Trinajstić information content (AvgIpc) is 2.96. The highest BCUT2D eigenvalue weighted by molar-refractivity contribution is 6.32. The molecule has 8 rings (SSSR count). The molecule has 6 aromatic rings. The summed E-state index contributed by atoms with van der Waals surface area (Å²) < 4.78 is 0. The standard InChI is InChI=1S/C35H24Cl2N2/c36-24-11-13-30-26(18-24)32(20-7-3-1-4-8-20)28-16-22-15-23(34(28)38-30)17-29-33(21-9-5-2-6-10-21)27-19-25(37)12-14-31(27)39-35(22)29/h1-14,18-19,22-23H,15-17H2/t22-,23-/m1/s1. The van der Waals surface area contributed by atoms with Crippen molar-refractivity contribution in [3.63, 3.8) is 0 Å². The summed E-state index contributed by atoms with van der Waals surface area (Å²) in [7, 11) is 0. The minimum Gasteiger partial charge on any atom is -0.252 e. The first-order chi connectivity index (χ1) is 19.1. The summed E-state index contributed by atoms with van der Waals surface area (Å²) in [6.45, 7) is 0. The molecule has 39 heavy (non-hydrogen) atoms. The van der Waals surface area contributed by atoms with Crippen molar-refractivity contribution in [2.24, 2.45) is 0 Å². The number of rotatable bonds is 2. The van der Waals surface area contributed by atoms with E-state index in [-0.39, 0.29) is 0 Å². The summed E-state index contributed by atoms with van der Waals surface area (Å²) >= 11 is 13.0. The van der Waals surface area contributed by atoms with Gasteiger partial charge in [-0.05, 0) is 89.0 Å². The minimum atomic E-state index is 0.328. The van der Waals surface area contributed by atoms with Crippen LogP contribution in [0.4, 0.5) is 0 Å². The number of pyridine rings is 2. The largest absolute Gasteiger partial charge is 0.252 e. The number of benzene rings is 4. The third kappa shape index (κ3) is 3.70. The fraction of sp³-hybridized carbons (Fsp3) is 0.143. The van der Waals surface area contributed by atoms with E-state index in [4.69, 9.17) is 33.2 Å². The molecule has 2 bridgehead atoms. The molecule has 2 nitrogen and oxygen atoms in total. The average molecular weight is 543 g/mol. The molecule has 0 saturated heterocycles. The van der Waals surface area contributed by atoms with E-state index in [1.165, 1.54) is 44.8 Å². The van der Waals surface area contributed by atoms with Crippen molar-refractivity contribution in [1.82, 2.24) is 9.97 Å². The second-order valence-electron chi connectivity index (χ2n) is 10.8. The lowest BCUT2D eigenvalue weighted by Crippen LogP contribution is -2.28. The van der Waals surface area contributed by atoms with Crippen LogP contribution in [0.25, 0.3) is 44.1 Å². The SMILES string of the molecule is Clc1ccc2nc3c(c(-c4ccccc4)c2c1)C[C@H]1C[C@@H]3Cc2c1nc1ccc(Cl)cc1c2-c1ccccc1. The highest BCUT2D eigenvalue weighted by Gasteiger charge is 2.39. The number of aromatic nitrogens is 2. The van der Waals surface area contributed by atoms with Crippen LogP contribution in [0, 0.1) is 0 Å². The highest BCUT2D eigenvalue weighted by atomic mass is 35.5. The Morgan fingerprint density at radius 2 is 0.974 bits per heavy atom. The van der Waals surface area contributed by atoms with Crippen LogP contribution < -0.4 is 0 Å². The van der Waals surface area contributed by atoms with Crippen LogP contribution in [-0.4, -0.2) is 9.97 Å². The molecular formula is C35H24Cl2N2. The van der Waals surface area contributed by atoms with Gasteiger partial charge >= 0.3 is 0 Å². The summed E-state index contributed by atoms with van der Waals surface area (Å²) in [5, 5.41) is 3.72. The fourth-order valence-corrected chi connectivity index (χ4v) is 7.31. The van der Waals surface area contributed by atoms with Gasteiger partial charge in [-0.25, -0.2) is 0 Å². The third-order valence-corrected chi connectivity index (χ3v) is 9.00. The van der Waals surface area contributed by atoms with Gasteiger partial charge in [-0.1, -0.05) is 83.9 Å². The number of hydrogen-bond donors (Lipinski definition) is 0. The van der Waals surface area contributed by atoms with Crippen molar-refractivity contribution in [2.75, 3.05) is 0 Å². The van der Waals surface area contributed by atoms with Crippen molar-refractivity contribution in [3.05, 3.63) is 130 Å². The molecular weight excluding hydrogens is 519 g/mol. The molecule has 2 aliphatic rings. The molecule has 2 atom stereocenters. The van der Waals surface area contributed by atoms with Gasteiger partial charge in [0.05, 0.1) is 11.0 Å². The maximum absolute atomic E-state index is 6.52. The maximum Gasteiger partial charge on any atom is 0.0712 e. The smallest absolute Gasteiger partial charge is 0.0712 e. The molecule has 2 aliphatic carbocycles. The van der Waals surface area contributed by atoms with Crippen LogP contribution in [0.5, 0.6) is 0 Å². The van der Waals surface area contributed by atoms with Crippen molar-refractivity contribution >= 4 is 45.0 Å². The van der Waals surface area contributed by atoms with Crippen molar-refractivity contribution < 1.29 is 0 Å². The topological polar surface area (TPSA) is 25.8 Å². The third-order valence-electron chi connectivity index (χ3n) is 8.53. The molecule has 0 N–H and O–H groups in total. The van der Waals surface area contributed by atoms with E-state index in [1.807, 2.05) is 12.1 Å². The van der Waals surface area contributed by atoms with Gasteiger partial charge < -0.3 is 0 Å². The quantitative estimate of drug-likeness (QED) is 0.217. The molecule has 2 aromatic heterocycles. The molecule has 0 aliphatic heterocycles. The first kappa shape index (κ1) is 23.2. The van der Waals surface area contributed by atoms with Gasteiger partial charge in [0.15, 0.2) is 0 Å². The van der Waals surface area contributed by atoms with E-state index in [9.17, 15) is 0 Å². The molecule has 4 aromatic carbocycles. The van der Waals surface area contributed by atoms with Gasteiger partial charge in [0, 0.05) is 44.0 Å². The Bertz CT molecular complexity index is 1770. The predicted molar refractivity (Wildman–Crippen MR) is 162 cm³/mol. The van der Waals surface area contributed by atoms with Gasteiger partial charge in [0.25, 0.3) is 0 Å². The Morgan fingerprint density at radius 3 is 1.41 bits per heavy atom. The Balaban J connectivity index is 1.40. The minimum absolute atomic E-state index is 0.328. The zero-order chi connectivity index (χ0) is 26.1.